The molecule has 2 heterocycles. The molecule has 0 radical (unpaired) electrons. The molecule has 0 unspecified atom stereocenters. The number of carbonyl (C=O) groups is 1. The van der Waals surface area contributed by atoms with Gasteiger partial charge in [-0.3, -0.25) is 4.79 Å². The summed E-state index contributed by atoms with van der Waals surface area (Å²) in [5, 5.41) is 2.98. The van der Waals surface area contributed by atoms with Crippen molar-refractivity contribution in [1.82, 2.24) is 15.3 Å². The third-order valence-electron chi connectivity index (χ3n) is 3.41. The van der Waals surface area contributed by atoms with Crippen molar-refractivity contribution in [2.75, 3.05) is 24.5 Å². The van der Waals surface area contributed by atoms with Crippen LogP contribution in [0.3, 0.4) is 0 Å². The highest BCUT2D eigenvalue weighted by atomic mass is 16.1. The number of hydrogen-bond donors (Lipinski definition) is 1. The van der Waals surface area contributed by atoms with Crippen LogP contribution in [0.25, 0.3) is 0 Å². The van der Waals surface area contributed by atoms with E-state index < -0.39 is 0 Å². The van der Waals surface area contributed by atoms with Crippen molar-refractivity contribution in [3.8, 4) is 0 Å². The van der Waals surface area contributed by atoms with Crippen molar-refractivity contribution in [2.45, 2.75) is 33.1 Å². The SMILES string of the molecule is CCCNC(=O)[C@H]1CCCN(c2nccc(C)n2)C1. The standard InChI is InChI=1S/C14H22N4O/c1-3-7-15-13(19)12-5-4-9-18(10-12)14-16-8-6-11(2)17-14/h6,8,12H,3-5,7,9-10H2,1-2H3,(H,15,19)/t12-/m0/s1. The molecule has 1 aliphatic heterocycles. The number of nitrogens with one attached hydrogen (secondary N) is 1. The molecule has 0 aromatic carbocycles. The van der Waals surface area contributed by atoms with Gasteiger partial charge in [0.1, 0.15) is 0 Å². The third-order valence-corrected chi connectivity index (χ3v) is 3.41. The molecule has 1 aromatic rings. The first-order chi connectivity index (χ1) is 9.20. The molecule has 0 spiro atoms. The van der Waals surface area contributed by atoms with Crippen LogP contribution in [0, 0.1) is 12.8 Å². The largest absolute Gasteiger partial charge is 0.356 e. The van der Waals surface area contributed by atoms with E-state index in [0.717, 1.165) is 50.5 Å². The molecule has 0 saturated carbocycles. The van der Waals surface area contributed by atoms with Crippen molar-refractivity contribution >= 4 is 11.9 Å². The topological polar surface area (TPSA) is 58.1 Å². The van der Waals surface area contributed by atoms with Gasteiger partial charge in [0.25, 0.3) is 0 Å². The summed E-state index contributed by atoms with van der Waals surface area (Å²) in [5.74, 6) is 0.969. The normalized spacial score (nSPS) is 19.3. The number of aryl methyl sites for hydroxylation is 1. The van der Waals surface area contributed by atoms with Crippen LogP contribution in [0.5, 0.6) is 0 Å². The highest BCUT2D eigenvalue weighted by Crippen LogP contribution is 2.20. The van der Waals surface area contributed by atoms with Crippen molar-refractivity contribution in [3.63, 3.8) is 0 Å². The minimum Gasteiger partial charge on any atom is -0.356 e. The molecular formula is C14H22N4O. The lowest BCUT2D eigenvalue weighted by Crippen LogP contribution is -2.43. The lowest BCUT2D eigenvalue weighted by Gasteiger charge is -2.32. The predicted octanol–water partition coefficient (Wildman–Crippen LogP) is 1.53. The van der Waals surface area contributed by atoms with E-state index in [1.54, 1.807) is 6.20 Å². The van der Waals surface area contributed by atoms with Crippen LogP contribution in [0.1, 0.15) is 31.9 Å². The van der Waals surface area contributed by atoms with Crippen LogP contribution in [-0.4, -0.2) is 35.5 Å². The van der Waals surface area contributed by atoms with Crippen molar-refractivity contribution in [3.05, 3.63) is 18.0 Å². The number of amides is 1. The Labute approximate surface area is 114 Å². The van der Waals surface area contributed by atoms with E-state index in [1.807, 2.05) is 13.0 Å². The molecule has 1 saturated heterocycles. The van der Waals surface area contributed by atoms with E-state index in [1.165, 1.54) is 0 Å². The van der Waals surface area contributed by atoms with Crippen molar-refractivity contribution in [2.24, 2.45) is 5.92 Å². The Morgan fingerprint density at radius 2 is 2.42 bits per heavy atom. The summed E-state index contributed by atoms with van der Waals surface area (Å²) in [6.45, 7) is 6.44. The molecule has 2 rings (SSSR count). The average molecular weight is 262 g/mol. The molecule has 104 valence electrons. The number of anilines is 1. The van der Waals surface area contributed by atoms with E-state index in [4.69, 9.17) is 0 Å². The Morgan fingerprint density at radius 3 is 3.16 bits per heavy atom. The maximum atomic E-state index is 12.0. The number of carbonyl (C=O) groups excluding carboxylic acids is 1. The first-order valence-electron chi connectivity index (χ1n) is 7.03. The Balaban J connectivity index is 1.99. The van der Waals surface area contributed by atoms with E-state index >= 15 is 0 Å². The molecule has 5 nitrogen and oxygen atoms in total. The second-order valence-corrected chi connectivity index (χ2v) is 5.07. The number of aromatic nitrogens is 2. The van der Waals surface area contributed by atoms with Crippen LogP contribution >= 0.6 is 0 Å². The lowest BCUT2D eigenvalue weighted by atomic mass is 9.97. The van der Waals surface area contributed by atoms with Crippen molar-refractivity contribution < 1.29 is 4.79 Å². The first kappa shape index (κ1) is 13.8. The molecule has 0 aliphatic carbocycles. The molecule has 1 aliphatic rings. The maximum Gasteiger partial charge on any atom is 0.225 e. The predicted molar refractivity (Wildman–Crippen MR) is 75.0 cm³/mol. The van der Waals surface area contributed by atoms with Gasteiger partial charge >= 0.3 is 0 Å². The van der Waals surface area contributed by atoms with Crippen LogP contribution in [0.15, 0.2) is 12.3 Å². The van der Waals surface area contributed by atoms with Gasteiger partial charge in [-0.15, -0.1) is 0 Å². The van der Waals surface area contributed by atoms with Gasteiger partial charge in [0, 0.05) is 31.5 Å². The fourth-order valence-corrected chi connectivity index (χ4v) is 2.35. The van der Waals surface area contributed by atoms with Gasteiger partial charge in [-0.1, -0.05) is 6.92 Å². The maximum absolute atomic E-state index is 12.0. The second-order valence-electron chi connectivity index (χ2n) is 5.07. The molecule has 0 bridgehead atoms. The van der Waals surface area contributed by atoms with E-state index in [-0.39, 0.29) is 11.8 Å². The summed E-state index contributed by atoms with van der Waals surface area (Å²) in [6.07, 6.45) is 4.72. The summed E-state index contributed by atoms with van der Waals surface area (Å²) in [5.41, 5.74) is 0.961. The second kappa shape index (κ2) is 6.50. The van der Waals surface area contributed by atoms with Gasteiger partial charge in [0.2, 0.25) is 11.9 Å². The Morgan fingerprint density at radius 1 is 1.58 bits per heavy atom. The number of hydrogen-bond acceptors (Lipinski definition) is 4. The fourth-order valence-electron chi connectivity index (χ4n) is 2.35. The summed E-state index contributed by atoms with van der Waals surface area (Å²) >= 11 is 0. The zero-order valence-corrected chi connectivity index (χ0v) is 11.7. The quantitative estimate of drug-likeness (QED) is 0.894. The smallest absolute Gasteiger partial charge is 0.225 e. The minimum absolute atomic E-state index is 0.0596. The average Bonchev–Trinajstić information content (AvgIpc) is 2.45. The van der Waals surface area contributed by atoms with E-state index in [9.17, 15) is 4.79 Å². The highest BCUT2D eigenvalue weighted by Gasteiger charge is 2.26. The van der Waals surface area contributed by atoms with Gasteiger partial charge < -0.3 is 10.2 Å². The van der Waals surface area contributed by atoms with Crippen LogP contribution in [0.4, 0.5) is 5.95 Å². The zero-order chi connectivity index (χ0) is 13.7. The zero-order valence-electron chi connectivity index (χ0n) is 11.7. The molecule has 1 fully saturated rings. The Kier molecular flexibility index (Phi) is 4.71. The van der Waals surface area contributed by atoms with E-state index in [0.29, 0.717) is 0 Å². The fraction of sp³-hybridized carbons (Fsp3) is 0.643. The highest BCUT2D eigenvalue weighted by molar-refractivity contribution is 5.79. The molecule has 19 heavy (non-hydrogen) atoms. The van der Waals surface area contributed by atoms with Gasteiger partial charge in [-0.2, -0.15) is 0 Å². The molecule has 5 heteroatoms. The minimum atomic E-state index is 0.0596. The molecule has 1 amide bonds. The third kappa shape index (κ3) is 3.66. The molecule has 1 atom stereocenters. The van der Waals surface area contributed by atoms with Gasteiger partial charge in [-0.25, -0.2) is 9.97 Å². The summed E-state index contributed by atoms with van der Waals surface area (Å²) < 4.78 is 0. The lowest BCUT2D eigenvalue weighted by molar-refractivity contribution is -0.125. The summed E-state index contributed by atoms with van der Waals surface area (Å²) in [7, 11) is 0. The molecular weight excluding hydrogens is 240 g/mol. The van der Waals surface area contributed by atoms with Crippen molar-refractivity contribution in [1.29, 1.82) is 0 Å². The molecule has 1 N–H and O–H groups in total. The van der Waals surface area contributed by atoms with Crippen LogP contribution < -0.4 is 10.2 Å². The summed E-state index contributed by atoms with van der Waals surface area (Å²) in [6, 6.07) is 1.89. The van der Waals surface area contributed by atoms with Gasteiger partial charge in [0.05, 0.1) is 5.92 Å². The monoisotopic (exact) mass is 262 g/mol. The number of piperidine rings is 1. The Hall–Kier alpha value is -1.65. The molecule has 1 aromatic heterocycles. The van der Waals surface area contributed by atoms with Crippen LogP contribution in [-0.2, 0) is 4.79 Å². The number of nitrogens with zero attached hydrogens (tertiary/aromatic N) is 3. The first-order valence-corrected chi connectivity index (χ1v) is 7.03. The van der Waals surface area contributed by atoms with Gasteiger partial charge in [0.15, 0.2) is 0 Å². The number of rotatable bonds is 4. The van der Waals surface area contributed by atoms with Gasteiger partial charge in [-0.05, 0) is 32.3 Å². The van der Waals surface area contributed by atoms with E-state index in [2.05, 4.69) is 27.1 Å². The Bertz CT molecular complexity index is 435. The van der Waals surface area contributed by atoms with Crippen LogP contribution in [0.2, 0.25) is 0 Å². The summed E-state index contributed by atoms with van der Waals surface area (Å²) in [4.78, 5) is 22.9.